The van der Waals surface area contributed by atoms with E-state index in [-0.39, 0.29) is 11.9 Å². The van der Waals surface area contributed by atoms with E-state index in [0.29, 0.717) is 32.6 Å². The topological polar surface area (TPSA) is 70.5 Å². The summed E-state index contributed by atoms with van der Waals surface area (Å²) in [5.74, 6) is 0.715. The molecule has 0 unspecified atom stereocenters. The van der Waals surface area contributed by atoms with Gasteiger partial charge in [-0.1, -0.05) is 12.2 Å². The number of likely N-dealkylation sites (N-methyl/N-ethyl adjacent to an activating group) is 1. The van der Waals surface area contributed by atoms with Crippen molar-refractivity contribution < 1.29 is 9.59 Å². The van der Waals surface area contributed by atoms with E-state index in [2.05, 4.69) is 17.0 Å². The molecule has 0 spiro atoms. The molecule has 1 aliphatic heterocycles. The number of amides is 3. The van der Waals surface area contributed by atoms with Crippen molar-refractivity contribution in [1.82, 2.24) is 20.0 Å². The molecule has 1 fully saturated rings. The van der Waals surface area contributed by atoms with Crippen LogP contribution in [0.1, 0.15) is 33.6 Å². The Morgan fingerprint density at radius 1 is 1.50 bits per heavy atom. The van der Waals surface area contributed by atoms with Crippen LogP contribution in [0.15, 0.2) is 24.4 Å². The summed E-state index contributed by atoms with van der Waals surface area (Å²) in [6.07, 6.45) is 3.20. The van der Waals surface area contributed by atoms with Crippen molar-refractivity contribution in [2.45, 2.75) is 46.2 Å². The van der Waals surface area contributed by atoms with Crippen molar-refractivity contribution in [2.24, 2.45) is 0 Å². The number of aromatic nitrogens is 2. The lowest BCUT2D eigenvalue weighted by Crippen LogP contribution is -2.55. The van der Waals surface area contributed by atoms with Crippen molar-refractivity contribution in [1.29, 1.82) is 0 Å². The van der Waals surface area contributed by atoms with Crippen LogP contribution in [-0.2, 0) is 11.3 Å². The van der Waals surface area contributed by atoms with E-state index in [9.17, 15) is 9.59 Å². The van der Waals surface area contributed by atoms with Gasteiger partial charge < -0.3 is 10.2 Å². The van der Waals surface area contributed by atoms with Gasteiger partial charge in [0, 0.05) is 32.2 Å². The molecule has 0 radical (unpaired) electrons. The van der Waals surface area contributed by atoms with Gasteiger partial charge in [0.2, 0.25) is 0 Å². The fourth-order valence-corrected chi connectivity index (χ4v) is 2.93. The third-order valence-electron chi connectivity index (χ3n) is 4.14. The van der Waals surface area contributed by atoms with Gasteiger partial charge in [0.05, 0.1) is 6.20 Å². The number of aryl methyl sites for hydroxylation is 1. The maximum absolute atomic E-state index is 12.8. The molecule has 1 saturated heterocycles. The first kappa shape index (κ1) is 18.0. The van der Waals surface area contributed by atoms with Gasteiger partial charge in [-0.15, -0.1) is 0 Å². The lowest BCUT2D eigenvalue weighted by atomic mass is 10.0. The highest BCUT2D eigenvalue weighted by Crippen LogP contribution is 2.21. The highest BCUT2D eigenvalue weighted by molar-refractivity contribution is 5.99. The largest absolute Gasteiger partial charge is 0.326 e. The fourth-order valence-electron chi connectivity index (χ4n) is 2.93. The molecule has 0 saturated carbocycles. The van der Waals surface area contributed by atoms with Gasteiger partial charge in [0.25, 0.3) is 5.91 Å². The predicted octanol–water partition coefficient (Wildman–Crippen LogP) is 2.01. The summed E-state index contributed by atoms with van der Waals surface area (Å²) in [5.41, 5.74) is 0.912. The fraction of sp³-hybridized carbons (Fsp3) is 0.588. The van der Waals surface area contributed by atoms with Gasteiger partial charge >= 0.3 is 6.03 Å². The number of nitrogens with one attached hydrogen (secondary N) is 1. The number of nitrogens with zero attached hydrogens (tertiary/aromatic N) is 4. The van der Waals surface area contributed by atoms with Crippen molar-refractivity contribution in [2.75, 3.05) is 24.5 Å². The molecule has 1 aromatic rings. The number of hydrogen-bond donors (Lipinski definition) is 1. The SMILES string of the molecule is C=C(C)CN(CC)C(=O)N[C@@H]1CCCN(c2ccnn2CC)C1=O. The zero-order chi connectivity index (χ0) is 17.7. The number of carbonyl (C=O) groups excluding carboxylic acids is 2. The second-order valence-electron chi connectivity index (χ2n) is 6.11. The van der Waals surface area contributed by atoms with Crippen molar-refractivity contribution in [3.8, 4) is 0 Å². The first-order valence-electron chi connectivity index (χ1n) is 8.50. The second kappa shape index (κ2) is 7.99. The Balaban J connectivity index is 2.07. The lowest BCUT2D eigenvalue weighted by molar-refractivity contribution is -0.121. The maximum Gasteiger partial charge on any atom is 0.318 e. The standard InChI is InChI=1S/C17H27N5O2/c1-5-20(12-13(3)4)17(24)19-14-8-7-11-21(16(14)23)15-9-10-18-22(15)6-2/h9-10,14H,3,5-8,11-12H2,1-2,4H3,(H,19,24)/t14-/m1/s1. The Morgan fingerprint density at radius 2 is 2.25 bits per heavy atom. The molecule has 0 bridgehead atoms. The van der Waals surface area contributed by atoms with E-state index < -0.39 is 6.04 Å². The van der Waals surface area contributed by atoms with Crippen LogP contribution < -0.4 is 10.2 Å². The van der Waals surface area contributed by atoms with Gasteiger partial charge in [0.1, 0.15) is 11.9 Å². The molecule has 7 heteroatoms. The average molecular weight is 333 g/mol. The molecule has 7 nitrogen and oxygen atoms in total. The summed E-state index contributed by atoms with van der Waals surface area (Å²) in [6, 6.07) is 1.13. The third-order valence-corrected chi connectivity index (χ3v) is 4.14. The Morgan fingerprint density at radius 3 is 2.88 bits per heavy atom. The van der Waals surface area contributed by atoms with E-state index in [1.807, 2.05) is 26.8 Å². The highest BCUT2D eigenvalue weighted by atomic mass is 16.2. The van der Waals surface area contributed by atoms with Gasteiger partial charge in [-0.2, -0.15) is 5.10 Å². The summed E-state index contributed by atoms with van der Waals surface area (Å²) in [6.45, 7) is 12.1. The second-order valence-corrected chi connectivity index (χ2v) is 6.11. The summed E-state index contributed by atoms with van der Waals surface area (Å²) in [4.78, 5) is 28.6. The first-order chi connectivity index (χ1) is 11.5. The number of rotatable bonds is 6. The Labute approximate surface area is 143 Å². The molecule has 1 atom stereocenters. The molecule has 24 heavy (non-hydrogen) atoms. The molecule has 2 rings (SSSR count). The quantitative estimate of drug-likeness (QED) is 0.810. The highest BCUT2D eigenvalue weighted by Gasteiger charge is 2.32. The monoisotopic (exact) mass is 333 g/mol. The predicted molar refractivity (Wildman–Crippen MR) is 93.9 cm³/mol. The van der Waals surface area contributed by atoms with Crippen LogP contribution >= 0.6 is 0 Å². The minimum absolute atomic E-state index is 0.0730. The molecule has 2 heterocycles. The van der Waals surface area contributed by atoms with Crippen LogP contribution in [0.25, 0.3) is 0 Å². The normalized spacial score (nSPS) is 17.7. The van der Waals surface area contributed by atoms with Crippen molar-refractivity contribution in [3.63, 3.8) is 0 Å². The van der Waals surface area contributed by atoms with Crippen LogP contribution in [0.5, 0.6) is 0 Å². The molecule has 1 N–H and O–H groups in total. The zero-order valence-corrected chi connectivity index (χ0v) is 14.8. The molecule has 132 valence electrons. The number of carbonyl (C=O) groups is 2. The summed E-state index contributed by atoms with van der Waals surface area (Å²) < 4.78 is 1.79. The molecule has 1 aromatic heterocycles. The number of piperidine rings is 1. The number of anilines is 1. The molecular formula is C17H27N5O2. The summed E-state index contributed by atoms with van der Waals surface area (Å²) >= 11 is 0. The van der Waals surface area contributed by atoms with E-state index in [1.165, 1.54) is 0 Å². The van der Waals surface area contributed by atoms with E-state index in [1.54, 1.807) is 20.7 Å². The Bertz CT molecular complexity index is 610. The minimum atomic E-state index is -0.495. The van der Waals surface area contributed by atoms with Crippen LogP contribution in [-0.4, -0.2) is 52.3 Å². The summed E-state index contributed by atoms with van der Waals surface area (Å²) in [5, 5.41) is 7.10. The van der Waals surface area contributed by atoms with E-state index in [4.69, 9.17) is 0 Å². The van der Waals surface area contributed by atoms with Gasteiger partial charge in [-0.3, -0.25) is 9.69 Å². The lowest BCUT2D eigenvalue weighted by Gasteiger charge is -2.33. The van der Waals surface area contributed by atoms with Gasteiger partial charge in [-0.25, -0.2) is 9.48 Å². The molecule has 0 aromatic carbocycles. The Kier molecular flexibility index (Phi) is 6.00. The molecule has 1 aliphatic rings. The molecular weight excluding hydrogens is 306 g/mol. The van der Waals surface area contributed by atoms with Gasteiger partial charge in [-0.05, 0) is 33.6 Å². The zero-order valence-electron chi connectivity index (χ0n) is 14.8. The smallest absolute Gasteiger partial charge is 0.318 e. The van der Waals surface area contributed by atoms with Crippen LogP contribution in [0.4, 0.5) is 10.6 Å². The first-order valence-corrected chi connectivity index (χ1v) is 8.50. The van der Waals surface area contributed by atoms with Crippen molar-refractivity contribution >= 4 is 17.8 Å². The molecule has 3 amide bonds. The molecule has 0 aliphatic carbocycles. The van der Waals surface area contributed by atoms with Crippen molar-refractivity contribution in [3.05, 3.63) is 24.4 Å². The average Bonchev–Trinajstić information content (AvgIpc) is 3.02. The van der Waals surface area contributed by atoms with Crippen LogP contribution in [0.3, 0.4) is 0 Å². The van der Waals surface area contributed by atoms with Crippen LogP contribution in [0, 0.1) is 0 Å². The third kappa shape index (κ3) is 3.96. The summed E-state index contributed by atoms with van der Waals surface area (Å²) in [7, 11) is 0. The Hall–Kier alpha value is -2.31. The van der Waals surface area contributed by atoms with E-state index >= 15 is 0 Å². The number of hydrogen-bond acceptors (Lipinski definition) is 3. The van der Waals surface area contributed by atoms with Gasteiger partial charge in [0.15, 0.2) is 0 Å². The minimum Gasteiger partial charge on any atom is -0.326 e. The number of urea groups is 1. The maximum atomic E-state index is 12.8. The van der Waals surface area contributed by atoms with Crippen LogP contribution in [0.2, 0.25) is 0 Å². The van der Waals surface area contributed by atoms with E-state index in [0.717, 1.165) is 17.8 Å².